The number of aliphatic hydroxyl groups excluding tert-OH is 1. The van der Waals surface area contributed by atoms with E-state index < -0.39 is 0 Å². The molecule has 0 saturated carbocycles. The number of ether oxygens (including phenoxy) is 1. The zero-order valence-corrected chi connectivity index (χ0v) is 10.4. The maximum Gasteiger partial charge on any atom is 0.0681 e. The van der Waals surface area contributed by atoms with Gasteiger partial charge in [-0.2, -0.15) is 0 Å². The monoisotopic (exact) mass is 235 g/mol. The highest BCUT2D eigenvalue weighted by Gasteiger charge is 2.23. The Balaban J connectivity index is 1.94. The minimum absolute atomic E-state index is 0.121. The second-order valence-electron chi connectivity index (χ2n) is 4.70. The van der Waals surface area contributed by atoms with Crippen LogP contribution < -0.4 is 0 Å². The molecule has 1 atom stereocenters. The summed E-state index contributed by atoms with van der Waals surface area (Å²) in [4.78, 5) is 2.48. The number of benzene rings is 1. The SMILES string of the molecule is COCC1CCCN1Cc1ccc(CO)cc1. The van der Waals surface area contributed by atoms with Crippen molar-refractivity contribution < 1.29 is 9.84 Å². The molecule has 1 aliphatic heterocycles. The van der Waals surface area contributed by atoms with Gasteiger partial charge < -0.3 is 9.84 Å². The molecule has 0 aliphatic carbocycles. The highest BCUT2D eigenvalue weighted by Crippen LogP contribution is 2.20. The summed E-state index contributed by atoms with van der Waals surface area (Å²) in [5.74, 6) is 0. The third-order valence-electron chi connectivity index (χ3n) is 3.45. The summed E-state index contributed by atoms with van der Waals surface area (Å²) in [7, 11) is 1.77. The molecule has 17 heavy (non-hydrogen) atoms. The summed E-state index contributed by atoms with van der Waals surface area (Å²) in [6.45, 7) is 3.10. The standard InChI is InChI=1S/C14H21NO2/c1-17-11-14-3-2-8-15(14)9-12-4-6-13(10-16)7-5-12/h4-7,14,16H,2-3,8-11H2,1H3. The van der Waals surface area contributed by atoms with Crippen LogP contribution in [0.5, 0.6) is 0 Å². The van der Waals surface area contributed by atoms with E-state index in [1.54, 1.807) is 7.11 Å². The first-order chi connectivity index (χ1) is 8.33. The van der Waals surface area contributed by atoms with Crippen molar-refractivity contribution in [2.24, 2.45) is 0 Å². The molecular weight excluding hydrogens is 214 g/mol. The van der Waals surface area contributed by atoms with Crippen LogP contribution in [0.15, 0.2) is 24.3 Å². The van der Waals surface area contributed by atoms with Gasteiger partial charge in [0, 0.05) is 19.7 Å². The van der Waals surface area contributed by atoms with Crippen LogP contribution in [0.4, 0.5) is 0 Å². The molecule has 3 nitrogen and oxygen atoms in total. The zero-order chi connectivity index (χ0) is 12.1. The zero-order valence-electron chi connectivity index (χ0n) is 10.4. The van der Waals surface area contributed by atoms with Crippen molar-refractivity contribution in [3.8, 4) is 0 Å². The molecule has 0 radical (unpaired) electrons. The number of hydrogen-bond acceptors (Lipinski definition) is 3. The maximum absolute atomic E-state index is 9.00. The summed E-state index contributed by atoms with van der Waals surface area (Å²) in [6.07, 6.45) is 2.51. The molecule has 0 spiro atoms. The third kappa shape index (κ3) is 3.28. The predicted octanol–water partition coefficient (Wildman–Crippen LogP) is 1.79. The van der Waals surface area contributed by atoms with Gasteiger partial charge in [0.25, 0.3) is 0 Å². The lowest BCUT2D eigenvalue weighted by molar-refractivity contribution is 0.112. The first kappa shape index (κ1) is 12.6. The van der Waals surface area contributed by atoms with Gasteiger partial charge in [-0.05, 0) is 30.5 Å². The van der Waals surface area contributed by atoms with Crippen molar-refractivity contribution in [2.45, 2.75) is 32.0 Å². The molecule has 94 valence electrons. The molecule has 1 aromatic carbocycles. The molecule has 1 unspecified atom stereocenters. The van der Waals surface area contributed by atoms with Crippen LogP contribution in [-0.2, 0) is 17.9 Å². The van der Waals surface area contributed by atoms with Crippen LogP contribution in [0, 0.1) is 0 Å². The van der Waals surface area contributed by atoms with Gasteiger partial charge in [-0.1, -0.05) is 24.3 Å². The number of rotatable bonds is 5. The van der Waals surface area contributed by atoms with E-state index in [2.05, 4.69) is 17.0 Å². The highest BCUT2D eigenvalue weighted by molar-refractivity contribution is 5.22. The number of methoxy groups -OCH3 is 1. The number of hydrogen-bond donors (Lipinski definition) is 1. The Bertz CT molecular complexity index is 337. The second-order valence-corrected chi connectivity index (χ2v) is 4.70. The van der Waals surface area contributed by atoms with E-state index in [1.165, 1.54) is 18.4 Å². The van der Waals surface area contributed by atoms with E-state index in [0.29, 0.717) is 6.04 Å². The Labute approximate surface area is 103 Å². The average Bonchev–Trinajstić information content (AvgIpc) is 2.78. The molecule has 2 rings (SSSR count). The maximum atomic E-state index is 9.00. The number of nitrogens with zero attached hydrogens (tertiary/aromatic N) is 1. The number of likely N-dealkylation sites (tertiary alicyclic amines) is 1. The fraction of sp³-hybridized carbons (Fsp3) is 0.571. The molecule has 0 aromatic heterocycles. The van der Waals surface area contributed by atoms with Gasteiger partial charge >= 0.3 is 0 Å². The summed E-state index contributed by atoms with van der Waals surface area (Å²) >= 11 is 0. The predicted molar refractivity (Wildman–Crippen MR) is 67.7 cm³/mol. The van der Waals surface area contributed by atoms with Crippen molar-refractivity contribution in [3.05, 3.63) is 35.4 Å². The van der Waals surface area contributed by atoms with Crippen LogP contribution in [0.1, 0.15) is 24.0 Å². The van der Waals surface area contributed by atoms with Gasteiger partial charge in [-0.15, -0.1) is 0 Å². The van der Waals surface area contributed by atoms with Crippen molar-refractivity contribution in [3.63, 3.8) is 0 Å². The largest absolute Gasteiger partial charge is 0.392 e. The van der Waals surface area contributed by atoms with Gasteiger partial charge in [0.2, 0.25) is 0 Å². The molecule has 1 N–H and O–H groups in total. The van der Waals surface area contributed by atoms with Crippen molar-refractivity contribution in [1.29, 1.82) is 0 Å². The smallest absolute Gasteiger partial charge is 0.0681 e. The summed E-state index contributed by atoms with van der Waals surface area (Å²) in [6, 6.07) is 8.77. The van der Waals surface area contributed by atoms with Gasteiger partial charge in [0.1, 0.15) is 0 Å². The molecule has 1 aliphatic rings. The van der Waals surface area contributed by atoms with Gasteiger partial charge in [-0.3, -0.25) is 4.90 Å². The van der Waals surface area contributed by atoms with Crippen LogP contribution in [0.3, 0.4) is 0 Å². The quantitative estimate of drug-likeness (QED) is 0.844. The minimum atomic E-state index is 0.121. The molecule has 0 amide bonds. The fourth-order valence-corrected chi connectivity index (χ4v) is 2.47. The van der Waals surface area contributed by atoms with Crippen LogP contribution in [0.25, 0.3) is 0 Å². The first-order valence-electron chi connectivity index (χ1n) is 6.25. The Kier molecular flexibility index (Phi) is 4.54. The van der Waals surface area contributed by atoms with Gasteiger partial charge in [0.15, 0.2) is 0 Å². The summed E-state index contributed by atoms with van der Waals surface area (Å²) in [5.41, 5.74) is 2.29. The van der Waals surface area contributed by atoms with Crippen LogP contribution in [-0.4, -0.2) is 36.3 Å². The molecular formula is C14H21NO2. The number of aliphatic hydroxyl groups is 1. The van der Waals surface area contributed by atoms with Gasteiger partial charge in [-0.25, -0.2) is 0 Å². The Morgan fingerprint density at radius 1 is 1.29 bits per heavy atom. The Morgan fingerprint density at radius 3 is 2.65 bits per heavy atom. The van der Waals surface area contributed by atoms with E-state index in [0.717, 1.165) is 25.3 Å². The summed E-state index contributed by atoms with van der Waals surface area (Å²) in [5, 5.41) is 9.00. The lowest BCUT2D eigenvalue weighted by atomic mass is 10.1. The molecule has 0 bridgehead atoms. The van der Waals surface area contributed by atoms with Gasteiger partial charge in [0.05, 0.1) is 13.2 Å². The van der Waals surface area contributed by atoms with E-state index >= 15 is 0 Å². The molecule has 1 saturated heterocycles. The molecule has 1 fully saturated rings. The van der Waals surface area contributed by atoms with Crippen LogP contribution >= 0.6 is 0 Å². The third-order valence-corrected chi connectivity index (χ3v) is 3.45. The van der Waals surface area contributed by atoms with Crippen molar-refractivity contribution in [2.75, 3.05) is 20.3 Å². The topological polar surface area (TPSA) is 32.7 Å². The van der Waals surface area contributed by atoms with E-state index in [9.17, 15) is 0 Å². The lowest BCUT2D eigenvalue weighted by Crippen LogP contribution is -2.32. The van der Waals surface area contributed by atoms with E-state index in [1.807, 2.05) is 12.1 Å². The lowest BCUT2D eigenvalue weighted by Gasteiger charge is -2.23. The highest BCUT2D eigenvalue weighted by atomic mass is 16.5. The molecule has 1 heterocycles. The van der Waals surface area contributed by atoms with Crippen molar-refractivity contribution in [1.82, 2.24) is 4.90 Å². The molecule has 1 aromatic rings. The van der Waals surface area contributed by atoms with Crippen molar-refractivity contribution >= 4 is 0 Å². The van der Waals surface area contributed by atoms with E-state index in [4.69, 9.17) is 9.84 Å². The second kappa shape index (κ2) is 6.15. The normalized spacial score (nSPS) is 20.9. The fourth-order valence-electron chi connectivity index (χ4n) is 2.47. The first-order valence-corrected chi connectivity index (χ1v) is 6.25. The minimum Gasteiger partial charge on any atom is -0.392 e. The Morgan fingerprint density at radius 2 is 2.00 bits per heavy atom. The average molecular weight is 235 g/mol. The Hall–Kier alpha value is -0.900. The molecule has 3 heteroatoms. The van der Waals surface area contributed by atoms with Crippen LogP contribution in [0.2, 0.25) is 0 Å². The summed E-state index contributed by atoms with van der Waals surface area (Å²) < 4.78 is 5.26. The van der Waals surface area contributed by atoms with E-state index in [-0.39, 0.29) is 6.61 Å².